The Labute approximate surface area is 136 Å². The zero-order valence-corrected chi connectivity index (χ0v) is 15.1. The van der Waals surface area contributed by atoms with Crippen LogP contribution in [-0.4, -0.2) is 19.1 Å². The first kappa shape index (κ1) is 21.8. The first-order valence-corrected chi connectivity index (χ1v) is 10.1. The summed E-state index contributed by atoms with van der Waals surface area (Å²) in [5.74, 6) is 0. The van der Waals surface area contributed by atoms with Crippen molar-refractivity contribution < 1.29 is 22.2 Å². The van der Waals surface area contributed by atoms with Gasteiger partial charge in [0.1, 0.15) is 0 Å². The Bertz CT molecular complexity index is 329. The molecule has 0 heterocycles. The average Bonchev–Trinajstić information content (AvgIpc) is 2.45. The summed E-state index contributed by atoms with van der Waals surface area (Å²) >= 11 is 0. The maximum Gasteiger partial charge on any atom is 0.424 e. The quantitative estimate of drug-likeness (QED) is 0.181. The van der Waals surface area contributed by atoms with Crippen LogP contribution in [0.1, 0.15) is 97.3 Å². The molecule has 0 spiro atoms. The third kappa shape index (κ3) is 17.9. The molecule has 1 atom stereocenters. The monoisotopic (exact) mass is 338 g/mol. The molecule has 0 amide bonds. The van der Waals surface area contributed by atoms with Crippen molar-refractivity contribution in [3.8, 4) is 0 Å². The molecule has 1 N–H and O–H groups in total. The molecule has 1 unspecified atom stereocenters. The van der Waals surface area contributed by atoms with E-state index in [4.69, 9.17) is 4.55 Å². The minimum absolute atomic E-state index is 0.329. The highest BCUT2D eigenvalue weighted by Gasteiger charge is 2.10. The summed E-state index contributed by atoms with van der Waals surface area (Å²) < 4.78 is 32.9. The predicted molar refractivity (Wildman–Crippen MR) is 88.9 cm³/mol. The first-order chi connectivity index (χ1) is 10.5. The van der Waals surface area contributed by atoms with Gasteiger partial charge >= 0.3 is 10.4 Å². The van der Waals surface area contributed by atoms with Crippen LogP contribution < -0.4 is 0 Å². The molecule has 0 aromatic carbocycles. The summed E-state index contributed by atoms with van der Waals surface area (Å²) in [6.07, 6.45) is 15.8. The lowest BCUT2D eigenvalue weighted by atomic mass is 10.0. The molecular weight excluding hydrogens is 304 g/mol. The Morgan fingerprint density at radius 2 is 1.23 bits per heavy atom. The van der Waals surface area contributed by atoms with Crippen molar-refractivity contribution in [3.63, 3.8) is 0 Å². The van der Waals surface area contributed by atoms with E-state index in [1.807, 2.05) is 0 Å². The fourth-order valence-corrected chi connectivity index (χ4v) is 2.67. The highest BCUT2D eigenvalue weighted by atomic mass is 32.3. The fraction of sp³-hybridized carbons (Fsp3) is 1.00. The van der Waals surface area contributed by atoms with Gasteiger partial charge in [0.05, 0.1) is 6.10 Å². The summed E-state index contributed by atoms with van der Waals surface area (Å²) in [6, 6.07) is 0. The van der Waals surface area contributed by atoms with E-state index < -0.39 is 10.4 Å². The fourth-order valence-electron chi connectivity index (χ4n) is 2.44. The topological polar surface area (TPSA) is 72.8 Å². The third-order valence-electron chi connectivity index (χ3n) is 3.75. The Hall–Kier alpha value is -0.170. The standard InChI is InChI=1S/C16H34O5S/c1-3-4-5-6-7-8-9-10-11-12-13-14-15-16(2)20-21-22(17,18)19/h16H,3-15H2,1-2H3,(H,17,18,19). The summed E-state index contributed by atoms with van der Waals surface area (Å²) in [6.45, 7) is 3.97. The van der Waals surface area contributed by atoms with Gasteiger partial charge in [-0.2, -0.15) is 8.42 Å². The van der Waals surface area contributed by atoms with Crippen LogP contribution >= 0.6 is 0 Å². The van der Waals surface area contributed by atoms with Gasteiger partial charge in [-0.05, 0) is 13.3 Å². The third-order valence-corrected chi connectivity index (χ3v) is 4.00. The molecule has 0 bridgehead atoms. The van der Waals surface area contributed by atoms with Crippen LogP contribution in [0.4, 0.5) is 0 Å². The molecular formula is C16H34O5S. The second-order valence-electron chi connectivity index (χ2n) is 6.08. The molecule has 0 aliphatic carbocycles. The summed E-state index contributed by atoms with van der Waals surface area (Å²) in [4.78, 5) is 4.57. The van der Waals surface area contributed by atoms with Gasteiger partial charge < -0.3 is 0 Å². The van der Waals surface area contributed by atoms with Crippen molar-refractivity contribution in [3.05, 3.63) is 0 Å². The molecule has 22 heavy (non-hydrogen) atoms. The van der Waals surface area contributed by atoms with E-state index in [1.54, 1.807) is 6.92 Å². The predicted octanol–water partition coefficient (Wildman–Crippen LogP) is 5.22. The van der Waals surface area contributed by atoms with Crippen LogP contribution in [-0.2, 0) is 19.6 Å². The lowest BCUT2D eigenvalue weighted by Crippen LogP contribution is -2.13. The van der Waals surface area contributed by atoms with Crippen molar-refractivity contribution in [2.24, 2.45) is 0 Å². The van der Waals surface area contributed by atoms with Gasteiger partial charge in [0.15, 0.2) is 0 Å². The highest BCUT2D eigenvalue weighted by Crippen LogP contribution is 2.13. The van der Waals surface area contributed by atoms with E-state index in [-0.39, 0.29) is 6.10 Å². The first-order valence-electron chi connectivity index (χ1n) is 8.78. The zero-order valence-electron chi connectivity index (χ0n) is 14.3. The molecule has 6 heteroatoms. The van der Waals surface area contributed by atoms with Gasteiger partial charge in [0.25, 0.3) is 0 Å². The summed E-state index contributed by atoms with van der Waals surface area (Å²) in [7, 11) is -4.50. The van der Waals surface area contributed by atoms with Gasteiger partial charge in [-0.1, -0.05) is 88.3 Å². The molecule has 0 aliphatic heterocycles. The molecule has 0 aliphatic rings. The Morgan fingerprint density at radius 3 is 1.64 bits per heavy atom. The lowest BCUT2D eigenvalue weighted by molar-refractivity contribution is -0.242. The highest BCUT2D eigenvalue weighted by molar-refractivity contribution is 7.80. The largest absolute Gasteiger partial charge is 0.424 e. The van der Waals surface area contributed by atoms with Crippen molar-refractivity contribution >= 4 is 10.4 Å². The Morgan fingerprint density at radius 1 is 0.818 bits per heavy atom. The van der Waals surface area contributed by atoms with Gasteiger partial charge in [0, 0.05) is 0 Å². The van der Waals surface area contributed by atoms with Crippen molar-refractivity contribution in [1.82, 2.24) is 0 Å². The van der Waals surface area contributed by atoms with Crippen LogP contribution in [0.2, 0.25) is 0 Å². The van der Waals surface area contributed by atoms with Crippen molar-refractivity contribution in [2.45, 2.75) is 103 Å². The molecule has 0 saturated heterocycles. The average molecular weight is 339 g/mol. The lowest BCUT2D eigenvalue weighted by Gasteiger charge is -2.09. The molecule has 0 aromatic heterocycles. The zero-order chi connectivity index (χ0) is 16.7. The molecule has 0 fully saturated rings. The number of hydrogen-bond acceptors (Lipinski definition) is 4. The van der Waals surface area contributed by atoms with Gasteiger partial charge in [-0.3, -0.25) is 4.55 Å². The number of hydrogen-bond donors (Lipinski definition) is 1. The molecule has 0 radical (unpaired) electrons. The molecule has 0 rings (SSSR count). The van der Waals surface area contributed by atoms with E-state index in [2.05, 4.69) is 16.1 Å². The summed E-state index contributed by atoms with van der Waals surface area (Å²) in [5.41, 5.74) is 0. The van der Waals surface area contributed by atoms with Crippen LogP contribution in [0.5, 0.6) is 0 Å². The summed E-state index contributed by atoms with van der Waals surface area (Å²) in [5, 5.41) is 0. The maximum absolute atomic E-state index is 10.3. The normalized spacial score (nSPS) is 13.4. The minimum atomic E-state index is -4.50. The van der Waals surface area contributed by atoms with Crippen molar-refractivity contribution in [2.75, 3.05) is 0 Å². The van der Waals surface area contributed by atoms with Crippen LogP contribution in [0.3, 0.4) is 0 Å². The molecule has 0 saturated carbocycles. The second kappa shape index (κ2) is 14.4. The van der Waals surface area contributed by atoms with E-state index in [1.165, 1.54) is 64.2 Å². The van der Waals surface area contributed by atoms with E-state index in [9.17, 15) is 8.42 Å². The second-order valence-corrected chi connectivity index (χ2v) is 7.07. The van der Waals surface area contributed by atoms with Crippen LogP contribution in [0.25, 0.3) is 0 Å². The smallest absolute Gasteiger partial charge is 0.262 e. The van der Waals surface area contributed by atoms with Gasteiger partial charge in [-0.25, -0.2) is 4.89 Å². The minimum Gasteiger partial charge on any atom is -0.262 e. The molecule has 5 nitrogen and oxygen atoms in total. The number of unbranched alkanes of at least 4 members (excludes halogenated alkanes) is 11. The van der Waals surface area contributed by atoms with Gasteiger partial charge in [0.2, 0.25) is 0 Å². The molecule has 0 aromatic rings. The Kier molecular flexibility index (Phi) is 14.3. The maximum atomic E-state index is 10.3. The van der Waals surface area contributed by atoms with Crippen LogP contribution in [0.15, 0.2) is 0 Å². The van der Waals surface area contributed by atoms with Crippen LogP contribution in [0, 0.1) is 0 Å². The Balaban J connectivity index is 3.20. The van der Waals surface area contributed by atoms with E-state index >= 15 is 0 Å². The van der Waals surface area contributed by atoms with Crippen molar-refractivity contribution in [1.29, 1.82) is 0 Å². The number of rotatable bonds is 16. The van der Waals surface area contributed by atoms with E-state index in [0.29, 0.717) is 0 Å². The molecule has 134 valence electrons. The van der Waals surface area contributed by atoms with E-state index in [0.717, 1.165) is 19.3 Å². The SMILES string of the molecule is CCCCCCCCCCCCCCC(C)OOS(=O)(=O)O. The van der Waals surface area contributed by atoms with Gasteiger partial charge in [-0.15, -0.1) is 0 Å².